The van der Waals surface area contributed by atoms with Crippen molar-refractivity contribution in [3.63, 3.8) is 0 Å². The molecule has 1 atom stereocenters. The number of halogens is 3. The molecule has 0 aliphatic carbocycles. The maximum atomic E-state index is 13.5. The number of thiol groups is 1. The highest BCUT2D eigenvalue weighted by Crippen LogP contribution is 2.33. The van der Waals surface area contributed by atoms with Crippen molar-refractivity contribution in [2.75, 3.05) is 0 Å². The molecular weight excluding hydrogens is 247 g/mol. The molecular formula is C12H16F3NS. The average Bonchev–Trinajstić information content (AvgIpc) is 2.17. The number of hydrogen-bond acceptors (Lipinski definition) is 2. The second-order valence-corrected chi connectivity index (χ2v) is 4.86. The van der Waals surface area contributed by atoms with Crippen molar-refractivity contribution in [3.05, 3.63) is 29.1 Å². The van der Waals surface area contributed by atoms with E-state index in [4.69, 9.17) is 5.73 Å². The molecule has 0 bridgehead atoms. The summed E-state index contributed by atoms with van der Waals surface area (Å²) in [5.41, 5.74) is 5.61. The lowest BCUT2D eigenvalue weighted by molar-refractivity contribution is 0.0132. The molecule has 1 unspecified atom stereocenters. The van der Waals surface area contributed by atoms with Crippen molar-refractivity contribution in [1.82, 2.24) is 0 Å². The van der Waals surface area contributed by atoms with E-state index in [0.717, 1.165) is 0 Å². The minimum absolute atomic E-state index is 0.0194. The lowest BCUT2D eigenvalue weighted by Gasteiger charge is -2.15. The van der Waals surface area contributed by atoms with Crippen LogP contribution in [0.15, 0.2) is 17.0 Å². The lowest BCUT2D eigenvalue weighted by Crippen LogP contribution is -2.16. The fourth-order valence-electron chi connectivity index (χ4n) is 1.53. The molecule has 1 nitrogen and oxygen atoms in total. The highest BCUT2D eigenvalue weighted by atomic mass is 32.1. The van der Waals surface area contributed by atoms with E-state index in [0.29, 0.717) is 25.3 Å². The van der Waals surface area contributed by atoms with Gasteiger partial charge >= 0.3 is 0 Å². The van der Waals surface area contributed by atoms with Crippen LogP contribution >= 0.6 is 12.6 Å². The molecule has 96 valence electrons. The van der Waals surface area contributed by atoms with Crippen LogP contribution in [0.3, 0.4) is 0 Å². The van der Waals surface area contributed by atoms with Crippen LogP contribution in [0, 0.1) is 5.82 Å². The van der Waals surface area contributed by atoms with E-state index in [2.05, 4.69) is 12.6 Å². The van der Waals surface area contributed by atoms with Gasteiger partial charge in [-0.15, -0.1) is 12.6 Å². The Kier molecular flexibility index (Phi) is 4.49. The summed E-state index contributed by atoms with van der Waals surface area (Å²) in [6.45, 7) is 2.51. The zero-order valence-corrected chi connectivity index (χ0v) is 10.7. The molecule has 5 heteroatoms. The Morgan fingerprint density at radius 1 is 1.41 bits per heavy atom. The van der Waals surface area contributed by atoms with Crippen LogP contribution in [0.25, 0.3) is 0 Å². The van der Waals surface area contributed by atoms with E-state index in [1.165, 1.54) is 12.1 Å². The Hall–Kier alpha value is -0.680. The molecule has 0 amide bonds. The van der Waals surface area contributed by atoms with Gasteiger partial charge in [0, 0.05) is 17.9 Å². The number of benzene rings is 1. The monoisotopic (exact) mass is 263 g/mol. The normalized spacial score (nSPS) is 13.8. The van der Waals surface area contributed by atoms with Gasteiger partial charge in [-0.3, -0.25) is 0 Å². The van der Waals surface area contributed by atoms with Crippen molar-refractivity contribution in [2.24, 2.45) is 5.73 Å². The van der Waals surface area contributed by atoms with Crippen LogP contribution < -0.4 is 5.73 Å². The van der Waals surface area contributed by atoms with Crippen LogP contribution in [0.1, 0.15) is 31.4 Å². The summed E-state index contributed by atoms with van der Waals surface area (Å²) < 4.78 is 39.8. The van der Waals surface area contributed by atoms with E-state index in [-0.39, 0.29) is 10.9 Å². The molecule has 1 aromatic carbocycles. The predicted octanol–water partition coefficient (Wildman–Crippen LogP) is 3.51. The first-order valence-electron chi connectivity index (χ1n) is 5.37. The number of rotatable bonds is 4. The summed E-state index contributed by atoms with van der Waals surface area (Å²) in [6.07, 6.45) is 1.20. The van der Waals surface area contributed by atoms with E-state index in [1.807, 2.05) is 6.92 Å². The van der Waals surface area contributed by atoms with Crippen molar-refractivity contribution in [3.8, 4) is 0 Å². The SMILES string of the molecule is CC(N)CCc1cc(S)c(F)c(C(C)(F)F)c1. The number of aryl methyl sites for hydroxylation is 1. The molecule has 0 radical (unpaired) electrons. The quantitative estimate of drug-likeness (QED) is 0.799. The molecule has 17 heavy (non-hydrogen) atoms. The Bertz CT molecular complexity index is 399. The molecule has 0 aliphatic heterocycles. The summed E-state index contributed by atoms with van der Waals surface area (Å²) >= 11 is 3.87. The van der Waals surface area contributed by atoms with Crippen molar-refractivity contribution in [1.29, 1.82) is 0 Å². The van der Waals surface area contributed by atoms with Gasteiger partial charge in [0.2, 0.25) is 0 Å². The van der Waals surface area contributed by atoms with Crippen LogP contribution in [0.4, 0.5) is 13.2 Å². The van der Waals surface area contributed by atoms with Crippen LogP contribution in [-0.4, -0.2) is 6.04 Å². The summed E-state index contributed by atoms with van der Waals surface area (Å²) in [4.78, 5) is -0.0521. The summed E-state index contributed by atoms with van der Waals surface area (Å²) in [5, 5.41) is 0. The average molecular weight is 263 g/mol. The largest absolute Gasteiger partial charge is 0.328 e. The fraction of sp³-hybridized carbons (Fsp3) is 0.500. The van der Waals surface area contributed by atoms with Gasteiger partial charge in [-0.05, 0) is 37.5 Å². The molecule has 0 saturated carbocycles. The smallest absolute Gasteiger partial charge is 0.273 e. The zero-order chi connectivity index (χ0) is 13.2. The first-order chi connectivity index (χ1) is 7.71. The Morgan fingerprint density at radius 3 is 2.47 bits per heavy atom. The van der Waals surface area contributed by atoms with Gasteiger partial charge in [-0.2, -0.15) is 0 Å². The predicted molar refractivity (Wildman–Crippen MR) is 65.2 cm³/mol. The highest BCUT2D eigenvalue weighted by Gasteiger charge is 2.29. The summed E-state index contributed by atoms with van der Waals surface area (Å²) in [6, 6.07) is 2.64. The fourth-order valence-corrected chi connectivity index (χ4v) is 1.81. The number of nitrogens with two attached hydrogens (primary N) is 1. The van der Waals surface area contributed by atoms with Gasteiger partial charge in [0.05, 0.1) is 5.56 Å². The molecule has 2 N–H and O–H groups in total. The molecule has 0 aliphatic rings. The van der Waals surface area contributed by atoms with E-state index >= 15 is 0 Å². The molecule has 0 spiro atoms. The maximum Gasteiger partial charge on any atom is 0.273 e. The zero-order valence-electron chi connectivity index (χ0n) is 9.80. The van der Waals surface area contributed by atoms with E-state index in [9.17, 15) is 13.2 Å². The number of alkyl halides is 2. The van der Waals surface area contributed by atoms with Gasteiger partial charge in [-0.25, -0.2) is 13.2 Å². The second kappa shape index (κ2) is 5.31. The van der Waals surface area contributed by atoms with Crippen LogP contribution in [0.5, 0.6) is 0 Å². The maximum absolute atomic E-state index is 13.5. The molecule has 1 aromatic rings. The van der Waals surface area contributed by atoms with Crippen molar-refractivity contribution < 1.29 is 13.2 Å². The third-order valence-electron chi connectivity index (χ3n) is 2.47. The molecule has 0 heterocycles. The second-order valence-electron chi connectivity index (χ2n) is 4.38. The Morgan fingerprint density at radius 2 is 2.00 bits per heavy atom. The molecule has 1 rings (SSSR count). The standard InChI is InChI=1S/C12H16F3NS/c1-7(16)3-4-8-5-9(12(2,14)15)11(13)10(17)6-8/h5-7,17H,3-4,16H2,1-2H3. The first-order valence-corrected chi connectivity index (χ1v) is 5.81. The third kappa shape index (κ3) is 3.92. The highest BCUT2D eigenvalue weighted by molar-refractivity contribution is 7.80. The van der Waals surface area contributed by atoms with Crippen LogP contribution in [-0.2, 0) is 12.3 Å². The molecule has 0 aromatic heterocycles. The molecule has 0 saturated heterocycles. The van der Waals surface area contributed by atoms with Gasteiger partial charge in [0.25, 0.3) is 5.92 Å². The van der Waals surface area contributed by atoms with Crippen LogP contribution in [0.2, 0.25) is 0 Å². The van der Waals surface area contributed by atoms with Gasteiger partial charge in [0.15, 0.2) is 0 Å². The van der Waals surface area contributed by atoms with Gasteiger partial charge < -0.3 is 5.73 Å². The molecule has 0 fully saturated rings. The summed E-state index contributed by atoms with van der Waals surface area (Å²) in [5.74, 6) is -4.16. The Balaban J connectivity index is 3.07. The Labute approximate surface area is 105 Å². The van der Waals surface area contributed by atoms with Crippen molar-refractivity contribution in [2.45, 2.75) is 43.5 Å². The lowest BCUT2D eigenvalue weighted by atomic mass is 10.0. The van der Waals surface area contributed by atoms with Gasteiger partial charge in [-0.1, -0.05) is 0 Å². The van der Waals surface area contributed by atoms with E-state index in [1.54, 1.807) is 0 Å². The van der Waals surface area contributed by atoms with Crippen molar-refractivity contribution >= 4 is 12.6 Å². The van der Waals surface area contributed by atoms with Gasteiger partial charge in [0.1, 0.15) is 5.82 Å². The van der Waals surface area contributed by atoms with E-state index < -0.39 is 17.3 Å². The minimum Gasteiger partial charge on any atom is -0.328 e. The topological polar surface area (TPSA) is 26.0 Å². The summed E-state index contributed by atoms with van der Waals surface area (Å²) in [7, 11) is 0. The first kappa shape index (κ1) is 14.4. The minimum atomic E-state index is -3.20. The number of hydrogen-bond donors (Lipinski definition) is 2. The third-order valence-corrected chi connectivity index (χ3v) is 2.80.